The van der Waals surface area contributed by atoms with Gasteiger partial charge in [-0.1, -0.05) is 21.1 Å². The molecule has 1 aromatic rings. The predicted octanol–water partition coefficient (Wildman–Crippen LogP) is 4.34. The molecule has 0 aromatic heterocycles. The zero-order valence-corrected chi connectivity index (χ0v) is 13.6. The largest absolute Gasteiger partial charge is 0.420 e. The molecule has 0 radical (unpaired) electrons. The Morgan fingerprint density at radius 1 is 1.10 bits per heavy atom. The van der Waals surface area contributed by atoms with Crippen molar-refractivity contribution < 1.29 is 18.0 Å². The molecular weight excluding hydrogens is 337 g/mol. The van der Waals surface area contributed by atoms with E-state index in [0.29, 0.717) is 4.47 Å². The molecule has 0 saturated carbocycles. The summed E-state index contributed by atoms with van der Waals surface area (Å²) in [7, 11) is 3.31. The van der Waals surface area contributed by atoms with Gasteiger partial charge in [-0.15, -0.1) is 0 Å². The molecule has 0 amide bonds. The van der Waals surface area contributed by atoms with E-state index in [9.17, 15) is 13.2 Å². The van der Waals surface area contributed by atoms with Crippen LogP contribution in [0.1, 0.15) is 26.3 Å². The Morgan fingerprint density at radius 3 is 2.10 bits per heavy atom. The highest BCUT2D eigenvalue weighted by Gasteiger charge is 2.35. The zero-order valence-electron chi connectivity index (χ0n) is 12.0. The number of nitrogens with zero attached hydrogens (tertiary/aromatic N) is 2. The molecule has 0 aliphatic heterocycles. The SMILES string of the molecule is CN(Oc1ccc(Br)cc1C(F)(F)F)N(C)C(C)(C)C. The summed E-state index contributed by atoms with van der Waals surface area (Å²) >= 11 is 3.04. The summed E-state index contributed by atoms with van der Waals surface area (Å²) in [5, 5.41) is 2.99. The molecule has 0 atom stereocenters. The highest BCUT2D eigenvalue weighted by Crippen LogP contribution is 2.38. The third kappa shape index (κ3) is 4.36. The Kier molecular flexibility index (Phi) is 5.10. The van der Waals surface area contributed by atoms with Crippen molar-refractivity contribution in [3.8, 4) is 5.75 Å². The predicted molar refractivity (Wildman–Crippen MR) is 75.1 cm³/mol. The number of alkyl halides is 3. The van der Waals surface area contributed by atoms with Gasteiger partial charge in [-0.05, 0) is 39.0 Å². The first kappa shape index (κ1) is 17.3. The second-order valence-electron chi connectivity index (χ2n) is 5.39. The van der Waals surface area contributed by atoms with E-state index in [1.165, 1.54) is 17.3 Å². The van der Waals surface area contributed by atoms with E-state index in [-0.39, 0.29) is 11.3 Å². The summed E-state index contributed by atoms with van der Waals surface area (Å²) < 4.78 is 39.3. The molecule has 0 saturated heterocycles. The lowest BCUT2D eigenvalue weighted by molar-refractivity contribution is -0.225. The van der Waals surface area contributed by atoms with E-state index >= 15 is 0 Å². The molecule has 1 aromatic carbocycles. The lowest BCUT2D eigenvalue weighted by Crippen LogP contribution is -2.50. The van der Waals surface area contributed by atoms with Crippen LogP contribution in [0.3, 0.4) is 0 Å². The second-order valence-corrected chi connectivity index (χ2v) is 6.30. The maximum Gasteiger partial charge on any atom is 0.420 e. The molecule has 0 aliphatic carbocycles. The van der Waals surface area contributed by atoms with Crippen LogP contribution in [0, 0.1) is 0 Å². The van der Waals surface area contributed by atoms with E-state index in [4.69, 9.17) is 4.84 Å². The fourth-order valence-corrected chi connectivity index (χ4v) is 1.79. The maximum atomic E-state index is 13.0. The Labute approximate surface area is 125 Å². The smallest absolute Gasteiger partial charge is 0.391 e. The van der Waals surface area contributed by atoms with Gasteiger partial charge >= 0.3 is 6.18 Å². The van der Waals surface area contributed by atoms with Crippen LogP contribution in [0.4, 0.5) is 13.2 Å². The van der Waals surface area contributed by atoms with E-state index in [2.05, 4.69) is 15.9 Å². The fraction of sp³-hybridized carbons (Fsp3) is 0.538. The minimum atomic E-state index is -4.47. The summed E-state index contributed by atoms with van der Waals surface area (Å²) in [4.78, 5) is 5.33. The molecule has 7 heteroatoms. The quantitative estimate of drug-likeness (QED) is 0.751. The zero-order chi connectivity index (χ0) is 15.7. The van der Waals surface area contributed by atoms with Crippen LogP contribution in [0.2, 0.25) is 0 Å². The lowest BCUT2D eigenvalue weighted by Gasteiger charge is -2.37. The Hall–Kier alpha value is -0.790. The number of hydrogen-bond acceptors (Lipinski definition) is 3. The summed E-state index contributed by atoms with van der Waals surface area (Å²) in [6.45, 7) is 5.79. The Balaban J connectivity index is 3.04. The van der Waals surface area contributed by atoms with Gasteiger partial charge in [0, 0.05) is 24.1 Å². The first-order valence-electron chi connectivity index (χ1n) is 5.95. The molecule has 0 aliphatic rings. The molecule has 1 rings (SSSR count). The fourth-order valence-electron chi connectivity index (χ4n) is 1.43. The molecule has 0 N–H and O–H groups in total. The van der Waals surface area contributed by atoms with Crippen LogP contribution in [0.5, 0.6) is 5.75 Å². The topological polar surface area (TPSA) is 15.7 Å². The van der Waals surface area contributed by atoms with Crippen molar-refractivity contribution in [2.75, 3.05) is 14.1 Å². The average molecular weight is 355 g/mol. The van der Waals surface area contributed by atoms with Crippen molar-refractivity contribution in [2.45, 2.75) is 32.5 Å². The monoisotopic (exact) mass is 354 g/mol. The molecule has 3 nitrogen and oxygen atoms in total. The molecule has 114 valence electrons. The number of benzene rings is 1. The van der Waals surface area contributed by atoms with Crippen molar-refractivity contribution in [1.82, 2.24) is 10.2 Å². The standard InChI is InChI=1S/C13H18BrF3N2O/c1-12(2,3)18(4)19(5)20-11-7-6-9(14)8-10(11)13(15,16)17/h6-8H,1-5H3. The van der Waals surface area contributed by atoms with Gasteiger partial charge in [0.05, 0.1) is 0 Å². The minimum Gasteiger partial charge on any atom is -0.391 e. The molecule has 0 spiro atoms. The van der Waals surface area contributed by atoms with Crippen molar-refractivity contribution in [2.24, 2.45) is 0 Å². The van der Waals surface area contributed by atoms with Gasteiger partial charge < -0.3 is 4.84 Å². The first-order valence-corrected chi connectivity index (χ1v) is 6.74. The van der Waals surface area contributed by atoms with Crippen LogP contribution >= 0.6 is 15.9 Å². The van der Waals surface area contributed by atoms with E-state index in [1.54, 1.807) is 19.1 Å². The third-order valence-electron chi connectivity index (χ3n) is 2.87. The van der Waals surface area contributed by atoms with Crippen LogP contribution in [-0.2, 0) is 6.18 Å². The van der Waals surface area contributed by atoms with Crippen LogP contribution < -0.4 is 4.84 Å². The van der Waals surface area contributed by atoms with Gasteiger partial charge in [0.1, 0.15) is 5.56 Å². The van der Waals surface area contributed by atoms with E-state index in [1.807, 2.05) is 20.8 Å². The van der Waals surface area contributed by atoms with E-state index < -0.39 is 11.7 Å². The molecule has 0 bridgehead atoms. The lowest BCUT2D eigenvalue weighted by atomic mass is 10.1. The van der Waals surface area contributed by atoms with Gasteiger partial charge in [0.25, 0.3) is 0 Å². The Bertz CT molecular complexity index is 472. The van der Waals surface area contributed by atoms with Gasteiger partial charge in [-0.25, -0.2) is 5.01 Å². The van der Waals surface area contributed by atoms with Crippen molar-refractivity contribution in [3.63, 3.8) is 0 Å². The molecule has 0 fully saturated rings. The Morgan fingerprint density at radius 2 is 1.65 bits per heavy atom. The van der Waals surface area contributed by atoms with Crippen molar-refractivity contribution in [3.05, 3.63) is 28.2 Å². The van der Waals surface area contributed by atoms with Gasteiger partial charge in [-0.2, -0.15) is 13.2 Å². The van der Waals surface area contributed by atoms with E-state index in [0.717, 1.165) is 6.07 Å². The number of hydrazine groups is 1. The van der Waals surface area contributed by atoms with Gasteiger partial charge in [0.15, 0.2) is 5.75 Å². The minimum absolute atomic E-state index is 0.237. The summed E-state index contributed by atoms with van der Waals surface area (Å²) in [5.74, 6) is -0.237. The first-order chi connectivity index (χ1) is 8.93. The normalized spacial score (nSPS) is 13.2. The van der Waals surface area contributed by atoms with Crippen LogP contribution in [0.25, 0.3) is 0 Å². The molecule has 0 heterocycles. The highest BCUT2D eigenvalue weighted by atomic mass is 79.9. The third-order valence-corrected chi connectivity index (χ3v) is 3.36. The van der Waals surface area contributed by atoms with Crippen LogP contribution in [-0.4, -0.2) is 29.8 Å². The van der Waals surface area contributed by atoms with Crippen molar-refractivity contribution >= 4 is 15.9 Å². The highest BCUT2D eigenvalue weighted by molar-refractivity contribution is 9.10. The second kappa shape index (κ2) is 5.91. The molecule has 0 unspecified atom stereocenters. The number of rotatable bonds is 3. The van der Waals surface area contributed by atoms with Crippen molar-refractivity contribution in [1.29, 1.82) is 0 Å². The van der Waals surface area contributed by atoms with Gasteiger partial charge in [-0.3, -0.25) is 0 Å². The maximum absolute atomic E-state index is 13.0. The number of hydrogen-bond donors (Lipinski definition) is 0. The summed E-state index contributed by atoms with van der Waals surface area (Å²) in [5.41, 5.74) is -1.09. The average Bonchev–Trinajstić information content (AvgIpc) is 2.27. The molecule has 20 heavy (non-hydrogen) atoms. The summed E-state index contributed by atoms with van der Waals surface area (Å²) in [6, 6.07) is 3.80. The molecular formula is C13H18BrF3N2O. The number of hydroxylamine groups is 1. The number of halogens is 4. The van der Waals surface area contributed by atoms with Crippen LogP contribution in [0.15, 0.2) is 22.7 Å². The summed E-state index contributed by atoms with van der Waals surface area (Å²) in [6.07, 6.45) is -4.47. The van der Waals surface area contributed by atoms with Gasteiger partial charge in [0.2, 0.25) is 0 Å².